The van der Waals surface area contributed by atoms with Crippen LogP contribution in [0.15, 0.2) is 30.5 Å². The largest absolute Gasteiger partial charge is 0.397 e. The smallest absolute Gasteiger partial charge is 0.374 e. The van der Waals surface area contributed by atoms with E-state index in [1.165, 1.54) is 17.2 Å². The number of pyridine rings is 1. The summed E-state index contributed by atoms with van der Waals surface area (Å²) in [5.74, 6) is -0.715. The van der Waals surface area contributed by atoms with Gasteiger partial charge in [0, 0.05) is 54.1 Å². The minimum atomic E-state index is -4.60. The molecule has 174 valence electrons. The Bertz CT molecular complexity index is 1250. The number of piperidine rings is 1. The van der Waals surface area contributed by atoms with Crippen molar-refractivity contribution in [1.29, 1.82) is 5.26 Å². The maximum atomic E-state index is 14.3. The van der Waals surface area contributed by atoms with Crippen LogP contribution >= 0.6 is 0 Å². The first-order valence-corrected chi connectivity index (χ1v) is 10.7. The van der Waals surface area contributed by atoms with Crippen LogP contribution in [0.5, 0.6) is 0 Å². The van der Waals surface area contributed by atoms with E-state index in [0.717, 1.165) is 0 Å². The molecule has 3 fully saturated rings. The SMILES string of the molecule is [2H]C([2H])([2H])N1CCOC(CNC(=O)C23CN(c4ccc(C#N)c5ncccc45)CC2(C(F)(F)F)C3)C1. The average Bonchev–Trinajstić information content (AvgIpc) is 3.39. The van der Waals surface area contributed by atoms with Crippen LogP contribution < -0.4 is 10.2 Å². The van der Waals surface area contributed by atoms with E-state index in [1.807, 2.05) is 6.07 Å². The van der Waals surface area contributed by atoms with Crippen molar-refractivity contribution in [1.82, 2.24) is 15.2 Å². The van der Waals surface area contributed by atoms with Crippen molar-refractivity contribution in [2.24, 2.45) is 10.8 Å². The van der Waals surface area contributed by atoms with Gasteiger partial charge in [-0.15, -0.1) is 0 Å². The van der Waals surface area contributed by atoms with Crippen LogP contribution in [-0.4, -0.2) is 74.4 Å². The van der Waals surface area contributed by atoms with E-state index in [2.05, 4.69) is 10.3 Å². The number of benzene rings is 1. The van der Waals surface area contributed by atoms with Crippen molar-refractivity contribution in [3.63, 3.8) is 0 Å². The van der Waals surface area contributed by atoms with Gasteiger partial charge < -0.3 is 19.9 Å². The number of rotatable bonds is 4. The van der Waals surface area contributed by atoms with E-state index >= 15 is 0 Å². The Morgan fingerprint density at radius 2 is 2.27 bits per heavy atom. The molecule has 33 heavy (non-hydrogen) atoms. The van der Waals surface area contributed by atoms with Crippen molar-refractivity contribution in [2.75, 3.05) is 51.2 Å². The summed E-state index contributed by atoms with van der Waals surface area (Å²) in [4.78, 5) is 20.3. The summed E-state index contributed by atoms with van der Waals surface area (Å²) in [5, 5.41) is 12.5. The second kappa shape index (κ2) is 7.57. The van der Waals surface area contributed by atoms with E-state index in [1.54, 1.807) is 23.1 Å². The number of halogens is 3. The zero-order valence-electron chi connectivity index (χ0n) is 20.7. The molecular weight excluding hydrogens is 435 g/mol. The van der Waals surface area contributed by atoms with E-state index in [9.17, 15) is 23.2 Å². The lowest BCUT2D eigenvalue weighted by molar-refractivity contribution is -0.191. The third-order valence-electron chi connectivity index (χ3n) is 7.13. The Morgan fingerprint density at radius 3 is 3.03 bits per heavy atom. The number of ether oxygens (including phenoxy) is 1. The molecule has 1 saturated carbocycles. The van der Waals surface area contributed by atoms with Gasteiger partial charge in [0.2, 0.25) is 5.91 Å². The van der Waals surface area contributed by atoms with Crippen molar-refractivity contribution < 1.29 is 26.8 Å². The van der Waals surface area contributed by atoms with Gasteiger partial charge in [-0.3, -0.25) is 9.78 Å². The normalized spacial score (nSPS) is 31.3. The van der Waals surface area contributed by atoms with Crippen LogP contribution in [0.1, 0.15) is 16.1 Å². The van der Waals surface area contributed by atoms with Crippen molar-refractivity contribution >= 4 is 22.5 Å². The monoisotopic (exact) mass is 462 g/mol. The standard InChI is InChI=1S/C23H24F3N5O2/c1-30-7-8-33-16(11-30)10-29-20(32)21-12-22(21,23(24,25)26)14-31(13-21)18-5-4-15(9-27)19-17(18)3-2-6-28-19/h2-6,16H,7-8,10-14H2,1H3,(H,29,32)/i1D3. The van der Waals surface area contributed by atoms with Gasteiger partial charge in [0.25, 0.3) is 0 Å². The second-order valence-corrected chi connectivity index (χ2v) is 8.99. The molecule has 1 aromatic heterocycles. The molecule has 2 aromatic rings. The Hall–Kier alpha value is -2.90. The molecule has 0 spiro atoms. The Balaban J connectivity index is 1.38. The molecule has 3 heterocycles. The fourth-order valence-corrected chi connectivity index (χ4v) is 5.34. The third kappa shape index (κ3) is 3.33. The molecular formula is C23H24F3N5O2. The number of morpholine rings is 1. The van der Waals surface area contributed by atoms with Crippen LogP contribution in [0, 0.1) is 22.2 Å². The number of hydrogen-bond donors (Lipinski definition) is 1. The number of nitrogens with one attached hydrogen (secondary N) is 1. The van der Waals surface area contributed by atoms with E-state index in [-0.39, 0.29) is 45.8 Å². The Labute approximate surface area is 193 Å². The highest BCUT2D eigenvalue weighted by molar-refractivity contribution is 5.97. The number of fused-ring (bicyclic) bond motifs is 2. The second-order valence-electron chi connectivity index (χ2n) is 8.99. The number of aromatic nitrogens is 1. The first kappa shape index (κ1) is 18.5. The van der Waals surface area contributed by atoms with Crippen LogP contribution in [-0.2, 0) is 9.53 Å². The minimum absolute atomic E-state index is 0.0462. The van der Waals surface area contributed by atoms with Gasteiger partial charge in [-0.1, -0.05) is 0 Å². The number of nitriles is 1. The highest BCUT2D eigenvalue weighted by Gasteiger charge is 2.86. The summed E-state index contributed by atoms with van der Waals surface area (Å²) < 4.78 is 71.2. The minimum Gasteiger partial charge on any atom is -0.374 e. The lowest BCUT2D eigenvalue weighted by Crippen LogP contribution is -2.48. The van der Waals surface area contributed by atoms with Crippen molar-refractivity contribution in [2.45, 2.75) is 18.7 Å². The van der Waals surface area contributed by atoms with Gasteiger partial charge in [0.15, 0.2) is 0 Å². The topological polar surface area (TPSA) is 81.5 Å². The molecule has 3 aliphatic rings. The molecule has 1 aromatic carbocycles. The summed E-state index contributed by atoms with van der Waals surface area (Å²) in [6.45, 7) is -2.49. The van der Waals surface area contributed by atoms with E-state index < -0.39 is 36.0 Å². The molecule has 7 nitrogen and oxygen atoms in total. The number of alkyl halides is 3. The predicted molar refractivity (Wildman–Crippen MR) is 114 cm³/mol. The lowest BCUT2D eigenvalue weighted by Gasteiger charge is -2.30. The van der Waals surface area contributed by atoms with Crippen LogP contribution in [0.2, 0.25) is 0 Å². The highest BCUT2D eigenvalue weighted by atomic mass is 19.4. The van der Waals surface area contributed by atoms with E-state index in [4.69, 9.17) is 8.85 Å². The van der Waals surface area contributed by atoms with E-state index in [0.29, 0.717) is 22.2 Å². The third-order valence-corrected chi connectivity index (χ3v) is 7.13. The quantitative estimate of drug-likeness (QED) is 0.751. The highest BCUT2D eigenvalue weighted by Crippen LogP contribution is 2.75. The number of hydrogen-bond acceptors (Lipinski definition) is 6. The maximum absolute atomic E-state index is 14.3. The first-order chi connectivity index (χ1) is 16.9. The number of anilines is 1. The fraction of sp³-hybridized carbons (Fsp3) is 0.522. The number of nitrogens with zero attached hydrogens (tertiary/aromatic N) is 4. The zero-order valence-corrected chi connectivity index (χ0v) is 17.7. The Morgan fingerprint density at radius 1 is 1.42 bits per heavy atom. The van der Waals surface area contributed by atoms with Gasteiger partial charge >= 0.3 is 6.18 Å². The first-order valence-electron chi connectivity index (χ1n) is 12.2. The van der Waals surface area contributed by atoms with Crippen LogP contribution in [0.4, 0.5) is 18.9 Å². The summed E-state index contributed by atoms with van der Waals surface area (Å²) >= 11 is 0. The molecule has 1 N–H and O–H groups in total. The van der Waals surface area contributed by atoms with Gasteiger partial charge in [-0.25, -0.2) is 0 Å². The van der Waals surface area contributed by atoms with Gasteiger partial charge in [0.1, 0.15) is 11.5 Å². The fourth-order valence-electron chi connectivity index (χ4n) is 5.34. The van der Waals surface area contributed by atoms with Crippen molar-refractivity contribution in [3.8, 4) is 6.07 Å². The molecule has 0 radical (unpaired) electrons. The molecule has 2 saturated heterocycles. The number of carbonyl (C=O) groups excluding carboxylic acids is 1. The zero-order chi connectivity index (χ0) is 25.9. The molecule has 3 atom stereocenters. The number of carbonyl (C=O) groups is 1. The lowest BCUT2D eigenvalue weighted by atomic mass is 9.94. The summed E-state index contributed by atoms with van der Waals surface area (Å²) in [6.07, 6.45) is -4.03. The summed E-state index contributed by atoms with van der Waals surface area (Å²) in [5.41, 5.74) is -2.65. The predicted octanol–water partition coefficient (Wildman–Crippen LogP) is 2.31. The molecule has 1 amide bonds. The molecule has 5 rings (SSSR count). The molecule has 10 heteroatoms. The van der Waals surface area contributed by atoms with Crippen LogP contribution in [0.25, 0.3) is 10.9 Å². The molecule has 0 bridgehead atoms. The van der Waals surface area contributed by atoms with Gasteiger partial charge in [-0.05, 0) is 37.7 Å². The number of likely N-dealkylation sites (N-methyl/N-ethyl adjacent to an activating group) is 1. The van der Waals surface area contributed by atoms with Gasteiger partial charge in [-0.2, -0.15) is 18.4 Å². The Kier molecular flexibility index (Phi) is 4.25. The molecule has 3 unspecified atom stereocenters. The number of amides is 1. The summed E-state index contributed by atoms with van der Waals surface area (Å²) in [6, 6.07) is 8.53. The van der Waals surface area contributed by atoms with Crippen molar-refractivity contribution in [3.05, 3.63) is 36.0 Å². The molecule has 2 aliphatic heterocycles. The molecule has 1 aliphatic carbocycles. The average molecular weight is 462 g/mol. The van der Waals surface area contributed by atoms with Crippen LogP contribution in [0.3, 0.4) is 0 Å². The maximum Gasteiger partial charge on any atom is 0.397 e. The van der Waals surface area contributed by atoms with Gasteiger partial charge in [0.05, 0.1) is 29.2 Å². The summed E-state index contributed by atoms with van der Waals surface area (Å²) in [7, 11) is 0.